The maximum absolute atomic E-state index is 13.0. The molecule has 1 aromatic carbocycles. The number of nitrogens with two attached hydrogens (primary N) is 1. The molecule has 2 N–H and O–H groups in total. The molecule has 1 heterocycles. The molecule has 0 fully saturated rings. The summed E-state index contributed by atoms with van der Waals surface area (Å²) in [5, 5.41) is 3.70. The van der Waals surface area contributed by atoms with E-state index in [0.717, 1.165) is 12.1 Å². The molecule has 0 spiro atoms. The summed E-state index contributed by atoms with van der Waals surface area (Å²) in [6.45, 7) is 1.81. The molecular weight excluding hydrogens is 228 g/mol. The molecule has 0 amide bonds. The molecule has 6 heteroatoms. The predicted molar refractivity (Wildman–Crippen MR) is 57.0 cm³/mol. The fourth-order valence-electron chi connectivity index (χ4n) is 1.37. The van der Waals surface area contributed by atoms with Crippen molar-refractivity contribution in [2.75, 3.05) is 0 Å². The Hall–Kier alpha value is -1.82. The quantitative estimate of drug-likeness (QED) is 0.888. The van der Waals surface area contributed by atoms with Gasteiger partial charge in [-0.3, -0.25) is 0 Å². The van der Waals surface area contributed by atoms with Crippen LogP contribution in [0.15, 0.2) is 22.7 Å². The topological polar surface area (TPSA) is 64.9 Å². The van der Waals surface area contributed by atoms with Crippen molar-refractivity contribution < 1.29 is 13.3 Å². The van der Waals surface area contributed by atoms with E-state index < -0.39 is 11.6 Å². The van der Waals surface area contributed by atoms with Crippen LogP contribution in [0.2, 0.25) is 0 Å². The Morgan fingerprint density at radius 3 is 2.76 bits per heavy atom. The lowest BCUT2D eigenvalue weighted by atomic mass is 10.2. The highest BCUT2D eigenvalue weighted by Gasteiger charge is 2.12. The SMILES string of the molecule is CC(N)Cc1noc(-c2ccc(F)c(F)c2)n1. The van der Waals surface area contributed by atoms with E-state index in [2.05, 4.69) is 10.1 Å². The summed E-state index contributed by atoms with van der Waals surface area (Å²) in [5.74, 6) is -1.27. The molecule has 0 aliphatic heterocycles. The minimum atomic E-state index is -0.950. The fourth-order valence-corrected chi connectivity index (χ4v) is 1.37. The first kappa shape index (κ1) is 11.7. The number of hydrogen-bond donors (Lipinski definition) is 1. The van der Waals surface area contributed by atoms with Crippen molar-refractivity contribution in [3.63, 3.8) is 0 Å². The number of halogens is 2. The Morgan fingerprint density at radius 2 is 2.12 bits per heavy atom. The van der Waals surface area contributed by atoms with E-state index in [4.69, 9.17) is 10.3 Å². The monoisotopic (exact) mass is 239 g/mol. The van der Waals surface area contributed by atoms with Gasteiger partial charge in [0.15, 0.2) is 17.5 Å². The molecule has 0 bridgehead atoms. The van der Waals surface area contributed by atoms with Gasteiger partial charge in [-0.15, -0.1) is 0 Å². The van der Waals surface area contributed by atoms with Crippen molar-refractivity contribution in [1.29, 1.82) is 0 Å². The average Bonchev–Trinajstić information content (AvgIpc) is 2.69. The Morgan fingerprint density at radius 1 is 1.35 bits per heavy atom. The van der Waals surface area contributed by atoms with Crippen LogP contribution in [0.1, 0.15) is 12.7 Å². The molecule has 2 aromatic rings. The lowest BCUT2D eigenvalue weighted by Gasteiger charge is -1.97. The first-order chi connectivity index (χ1) is 8.06. The molecular formula is C11H11F2N3O. The number of hydrogen-bond acceptors (Lipinski definition) is 4. The number of aromatic nitrogens is 2. The van der Waals surface area contributed by atoms with Gasteiger partial charge in [-0.1, -0.05) is 5.16 Å². The maximum atomic E-state index is 13.0. The van der Waals surface area contributed by atoms with E-state index in [0.29, 0.717) is 17.8 Å². The molecule has 1 unspecified atom stereocenters. The highest BCUT2D eigenvalue weighted by atomic mass is 19.2. The maximum Gasteiger partial charge on any atom is 0.258 e. The van der Waals surface area contributed by atoms with E-state index >= 15 is 0 Å². The third-order valence-electron chi connectivity index (χ3n) is 2.14. The zero-order valence-electron chi connectivity index (χ0n) is 9.15. The van der Waals surface area contributed by atoms with Gasteiger partial charge in [0, 0.05) is 18.0 Å². The van der Waals surface area contributed by atoms with Crippen LogP contribution in [0.25, 0.3) is 11.5 Å². The van der Waals surface area contributed by atoms with E-state index in [-0.39, 0.29) is 11.9 Å². The summed E-state index contributed by atoms with van der Waals surface area (Å²) < 4.78 is 30.7. The standard InChI is InChI=1S/C11H11F2N3O/c1-6(14)4-10-15-11(17-16-10)7-2-3-8(12)9(13)5-7/h2-3,5-6H,4,14H2,1H3. The minimum Gasteiger partial charge on any atom is -0.334 e. The Bertz CT molecular complexity index is 525. The van der Waals surface area contributed by atoms with Crippen molar-refractivity contribution in [2.24, 2.45) is 5.73 Å². The molecule has 0 saturated heterocycles. The summed E-state index contributed by atoms with van der Waals surface area (Å²) in [7, 11) is 0. The number of rotatable bonds is 3. The smallest absolute Gasteiger partial charge is 0.258 e. The first-order valence-corrected chi connectivity index (χ1v) is 5.10. The van der Waals surface area contributed by atoms with E-state index in [1.807, 2.05) is 6.92 Å². The summed E-state index contributed by atoms with van der Waals surface area (Å²) in [5.41, 5.74) is 5.93. The van der Waals surface area contributed by atoms with Gasteiger partial charge in [0.2, 0.25) is 0 Å². The summed E-state index contributed by atoms with van der Waals surface area (Å²) in [6.07, 6.45) is 0.465. The van der Waals surface area contributed by atoms with Crippen LogP contribution in [-0.2, 0) is 6.42 Å². The second-order valence-corrected chi connectivity index (χ2v) is 3.83. The predicted octanol–water partition coefficient (Wildman–Crippen LogP) is 1.90. The largest absolute Gasteiger partial charge is 0.334 e. The van der Waals surface area contributed by atoms with Crippen molar-refractivity contribution in [3.05, 3.63) is 35.7 Å². The normalized spacial score (nSPS) is 12.7. The van der Waals surface area contributed by atoms with Crippen LogP contribution >= 0.6 is 0 Å². The van der Waals surface area contributed by atoms with Gasteiger partial charge in [-0.2, -0.15) is 4.98 Å². The van der Waals surface area contributed by atoms with Crippen molar-refractivity contribution in [2.45, 2.75) is 19.4 Å². The number of benzene rings is 1. The van der Waals surface area contributed by atoms with Gasteiger partial charge >= 0.3 is 0 Å². The molecule has 1 aromatic heterocycles. The van der Waals surface area contributed by atoms with Gasteiger partial charge in [0.25, 0.3) is 5.89 Å². The Balaban J connectivity index is 2.27. The highest BCUT2D eigenvalue weighted by molar-refractivity contribution is 5.52. The molecule has 4 nitrogen and oxygen atoms in total. The van der Waals surface area contributed by atoms with E-state index in [1.165, 1.54) is 6.07 Å². The highest BCUT2D eigenvalue weighted by Crippen LogP contribution is 2.19. The van der Waals surface area contributed by atoms with Gasteiger partial charge in [0.1, 0.15) is 0 Å². The third-order valence-corrected chi connectivity index (χ3v) is 2.14. The van der Waals surface area contributed by atoms with Crippen LogP contribution in [0.5, 0.6) is 0 Å². The lowest BCUT2D eigenvalue weighted by molar-refractivity contribution is 0.420. The lowest BCUT2D eigenvalue weighted by Crippen LogP contribution is -2.18. The second-order valence-electron chi connectivity index (χ2n) is 3.83. The third kappa shape index (κ3) is 2.65. The van der Waals surface area contributed by atoms with Crippen LogP contribution in [0, 0.1) is 11.6 Å². The molecule has 0 aliphatic carbocycles. The minimum absolute atomic E-state index is 0.0922. The first-order valence-electron chi connectivity index (χ1n) is 5.10. The summed E-state index contributed by atoms with van der Waals surface area (Å²) >= 11 is 0. The molecule has 17 heavy (non-hydrogen) atoms. The van der Waals surface area contributed by atoms with Crippen LogP contribution in [0.4, 0.5) is 8.78 Å². The Kier molecular flexibility index (Phi) is 3.14. The summed E-state index contributed by atoms with van der Waals surface area (Å²) in [6, 6.07) is 3.31. The van der Waals surface area contributed by atoms with Gasteiger partial charge in [-0.05, 0) is 25.1 Å². The van der Waals surface area contributed by atoms with E-state index in [9.17, 15) is 8.78 Å². The zero-order chi connectivity index (χ0) is 12.4. The fraction of sp³-hybridized carbons (Fsp3) is 0.273. The van der Waals surface area contributed by atoms with Gasteiger partial charge < -0.3 is 10.3 Å². The molecule has 90 valence electrons. The summed E-state index contributed by atoms with van der Waals surface area (Å²) in [4.78, 5) is 4.04. The zero-order valence-corrected chi connectivity index (χ0v) is 9.15. The van der Waals surface area contributed by atoms with Crippen molar-refractivity contribution in [3.8, 4) is 11.5 Å². The Labute approximate surface area is 96.4 Å². The molecule has 1 atom stereocenters. The second kappa shape index (κ2) is 4.58. The van der Waals surface area contributed by atoms with Crippen molar-refractivity contribution in [1.82, 2.24) is 10.1 Å². The van der Waals surface area contributed by atoms with Crippen LogP contribution in [-0.4, -0.2) is 16.2 Å². The van der Waals surface area contributed by atoms with Crippen LogP contribution < -0.4 is 5.73 Å². The van der Waals surface area contributed by atoms with Crippen molar-refractivity contribution >= 4 is 0 Å². The molecule has 0 radical (unpaired) electrons. The van der Waals surface area contributed by atoms with Crippen LogP contribution in [0.3, 0.4) is 0 Å². The molecule has 0 saturated carbocycles. The van der Waals surface area contributed by atoms with E-state index in [1.54, 1.807) is 0 Å². The average molecular weight is 239 g/mol. The molecule has 2 rings (SSSR count). The molecule has 0 aliphatic rings. The van der Waals surface area contributed by atoms with Gasteiger partial charge in [-0.25, -0.2) is 8.78 Å². The van der Waals surface area contributed by atoms with Gasteiger partial charge in [0.05, 0.1) is 0 Å². The number of nitrogens with zero attached hydrogens (tertiary/aromatic N) is 2.